The van der Waals surface area contributed by atoms with Gasteiger partial charge in [0.1, 0.15) is 5.82 Å². The SMILES string of the molecule is CN(Cc1cccc(Cl)c1)C(=O)CSc1ccc(N)nc1. The number of anilines is 1. The third-order valence-electron chi connectivity index (χ3n) is 2.86. The van der Waals surface area contributed by atoms with E-state index in [4.69, 9.17) is 17.3 Å². The Morgan fingerprint density at radius 3 is 2.86 bits per heavy atom. The lowest BCUT2D eigenvalue weighted by atomic mass is 10.2. The first kappa shape index (κ1) is 15.7. The zero-order chi connectivity index (χ0) is 15.2. The van der Waals surface area contributed by atoms with Crippen molar-refractivity contribution in [3.8, 4) is 0 Å². The van der Waals surface area contributed by atoms with Crippen LogP contribution in [0, 0.1) is 0 Å². The molecule has 110 valence electrons. The van der Waals surface area contributed by atoms with Crippen LogP contribution >= 0.6 is 23.4 Å². The first-order chi connectivity index (χ1) is 10.0. The lowest BCUT2D eigenvalue weighted by Crippen LogP contribution is -2.27. The minimum absolute atomic E-state index is 0.0526. The summed E-state index contributed by atoms with van der Waals surface area (Å²) in [4.78, 5) is 18.7. The van der Waals surface area contributed by atoms with Gasteiger partial charge in [-0.25, -0.2) is 4.98 Å². The van der Waals surface area contributed by atoms with Gasteiger partial charge >= 0.3 is 0 Å². The van der Waals surface area contributed by atoms with E-state index in [0.717, 1.165) is 10.5 Å². The van der Waals surface area contributed by atoms with Gasteiger partial charge in [-0.1, -0.05) is 23.7 Å². The maximum absolute atomic E-state index is 12.1. The molecule has 1 aromatic heterocycles. The molecule has 2 N–H and O–H groups in total. The van der Waals surface area contributed by atoms with Gasteiger partial charge in [0.2, 0.25) is 5.91 Å². The minimum Gasteiger partial charge on any atom is -0.384 e. The van der Waals surface area contributed by atoms with E-state index < -0.39 is 0 Å². The van der Waals surface area contributed by atoms with Gasteiger partial charge in [-0.15, -0.1) is 11.8 Å². The summed E-state index contributed by atoms with van der Waals surface area (Å²) < 4.78 is 0. The lowest BCUT2D eigenvalue weighted by Gasteiger charge is -2.17. The van der Waals surface area contributed by atoms with Crippen LogP contribution in [0.1, 0.15) is 5.56 Å². The summed E-state index contributed by atoms with van der Waals surface area (Å²) in [6.07, 6.45) is 1.67. The van der Waals surface area contributed by atoms with Crippen LogP contribution in [-0.4, -0.2) is 28.6 Å². The largest absolute Gasteiger partial charge is 0.384 e. The average molecular weight is 322 g/mol. The second-order valence-corrected chi connectivity index (χ2v) is 6.07. The minimum atomic E-state index is 0.0526. The summed E-state index contributed by atoms with van der Waals surface area (Å²) >= 11 is 7.38. The summed E-state index contributed by atoms with van der Waals surface area (Å²) in [5, 5.41) is 0.677. The number of rotatable bonds is 5. The molecule has 0 unspecified atom stereocenters. The third kappa shape index (κ3) is 4.95. The first-order valence-electron chi connectivity index (χ1n) is 6.37. The average Bonchev–Trinajstić information content (AvgIpc) is 2.46. The van der Waals surface area contributed by atoms with Crippen LogP contribution in [0.15, 0.2) is 47.5 Å². The number of nitrogens with two attached hydrogens (primary N) is 1. The van der Waals surface area contributed by atoms with E-state index in [1.165, 1.54) is 11.8 Å². The van der Waals surface area contributed by atoms with E-state index in [0.29, 0.717) is 23.1 Å². The quantitative estimate of drug-likeness (QED) is 0.860. The molecule has 0 aliphatic carbocycles. The highest BCUT2D eigenvalue weighted by molar-refractivity contribution is 8.00. The van der Waals surface area contributed by atoms with Gasteiger partial charge in [-0.3, -0.25) is 4.79 Å². The fourth-order valence-corrected chi connectivity index (χ4v) is 2.74. The molecule has 1 heterocycles. The van der Waals surface area contributed by atoms with E-state index >= 15 is 0 Å². The number of thioether (sulfide) groups is 1. The van der Waals surface area contributed by atoms with Crippen molar-refractivity contribution < 1.29 is 4.79 Å². The molecule has 6 heteroatoms. The van der Waals surface area contributed by atoms with Crippen LogP contribution in [0.4, 0.5) is 5.82 Å². The molecule has 4 nitrogen and oxygen atoms in total. The molecule has 0 aliphatic heterocycles. The van der Waals surface area contributed by atoms with Crippen molar-refractivity contribution in [1.82, 2.24) is 9.88 Å². The van der Waals surface area contributed by atoms with Crippen LogP contribution in [-0.2, 0) is 11.3 Å². The molecule has 2 rings (SSSR count). The summed E-state index contributed by atoms with van der Waals surface area (Å²) in [6.45, 7) is 0.542. The Morgan fingerprint density at radius 2 is 2.19 bits per heavy atom. The number of amides is 1. The highest BCUT2D eigenvalue weighted by atomic mass is 35.5. The van der Waals surface area contributed by atoms with Crippen molar-refractivity contribution in [2.24, 2.45) is 0 Å². The molecular formula is C15H16ClN3OS. The van der Waals surface area contributed by atoms with Crippen LogP contribution in [0.5, 0.6) is 0 Å². The molecule has 21 heavy (non-hydrogen) atoms. The Bertz CT molecular complexity index is 619. The second kappa shape index (κ2) is 7.33. The second-order valence-electron chi connectivity index (χ2n) is 4.59. The molecule has 1 aromatic carbocycles. The Labute approximate surface area is 133 Å². The van der Waals surface area contributed by atoms with Crippen LogP contribution in [0.25, 0.3) is 0 Å². The fourth-order valence-electron chi connectivity index (χ4n) is 1.73. The van der Waals surface area contributed by atoms with Crippen molar-refractivity contribution >= 4 is 35.1 Å². The molecule has 1 amide bonds. The van der Waals surface area contributed by atoms with E-state index in [2.05, 4.69) is 4.98 Å². The van der Waals surface area contributed by atoms with Gasteiger partial charge in [0.05, 0.1) is 5.75 Å². The molecule has 0 aliphatic rings. The Hall–Kier alpha value is -1.72. The van der Waals surface area contributed by atoms with Crippen molar-refractivity contribution in [3.63, 3.8) is 0 Å². The standard InChI is InChI=1S/C15H16ClN3OS/c1-19(9-11-3-2-4-12(16)7-11)15(20)10-21-13-5-6-14(17)18-8-13/h2-8H,9-10H2,1H3,(H2,17,18). The normalized spacial score (nSPS) is 10.4. The highest BCUT2D eigenvalue weighted by Crippen LogP contribution is 2.18. The number of pyridine rings is 1. The molecule has 0 atom stereocenters. The van der Waals surface area contributed by atoms with Crippen molar-refractivity contribution in [2.75, 3.05) is 18.5 Å². The Balaban J connectivity index is 1.86. The van der Waals surface area contributed by atoms with Gasteiger partial charge in [-0.05, 0) is 29.8 Å². The molecule has 0 bridgehead atoms. The number of halogens is 1. The van der Waals surface area contributed by atoms with E-state index in [9.17, 15) is 4.79 Å². The van der Waals surface area contributed by atoms with Crippen molar-refractivity contribution in [1.29, 1.82) is 0 Å². The number of carbonyl (C=O) groups is 1. The summed E-state index contributed by atoms with van der Waals surface area (Å²) in [5.74, 6) is 0.892. The van der Waals surface area contributed by atoms with Gasteiger partial charge < -0.3 is 10.6 Å². The Morgan fingerprint density at radius 1 is 1.38 bits per heavy atom. The number of nitrogen functional groups attached to an aromatic ring is 1. The number of nitrogens with zero attached hydrogens (tertiary/aromatic N) is 2. The number of carbonyl (C=O) groups excluding carboxylic acids is 1. The number of hydrogen-bond acceptors (Lipinski definition) is 4. The van der Waals surface area contributed by atoms with Crippen LogP contribution in [0.2, 0.25) is 5.02 Å². The van der Waals surface area contributed by atoms with Gasteiger partial charge in [0, 0.05) is 29.7 Å². The monoisotopic (exact) mass is 321 g/mol. The van der Waals surface area contributed by atoms with Crippen molar-refractivity contribution in [2.45, 2.75) is 11.4 Å². The topological polar surface area (TPSA) is 59.2 Å². The summed E-state index contributed by atoms with van der Waals surface area (Å²) in [7, 11) is 1.78. The highest BCUT2D eigenvalue weighted by Gasteiger charge is 2.10. The Kier molecular flexibility index (Phi) is 5.47. The summed E-state index contributed by atoms with van der Waals surface area (Å²) in [6, 6.07) is 11.1. The number of benzene rings is 1. The fraction of sp³-hybridized carbons (Fsp3) is 0.200. The molecule has 0 spiro atoms. The zero-order valence-electron chi connectivity index (χ0n) is 11.6. The van der Waals surface area contributed by atoms with Gasteiger partial charge in [-0.2, -0.15) is 0 Å². The smallest absolute Gasteiger partial charge is 0.232 e. The predicted octanol–water partition coefficient (Wildman–Crippen LogP) is 3.07. The maximum atomic E-state index is 12.1. The van der Waals surface area contributed by atoms with E-state index in [-0.39, 0.29) is 5.91 Å². The molecule has 0 radical (unpaired) electrons. The zero-order valence-corrected chi connectivity index (χ0v) is 13.2. The van der Waals surface area contributed by atoms with E-state index in [1.54, 1.807) is 24.2 Å². The van der Waals surface area contributed by atoms with Crippen molar-refractivity contribution in [3.05, 3.63) is 53.2 Å². The molecule has 2 aromatic rings. The maximum Gasteiger partial charge on any atom is 0.232 e. The molecule has 0 saturated carbocycles. The van der Waals surface area contributed by atoms with Gasteiger partial charge in [0.25, 0.3) is 0 Å². The molecular weight excluding hydrogens is 306 g/mol. The molecule has 0 saturated heterocycles. The summed E-state index contributed by atoms with van der Waals surface area (Å²) in [5.41, 5.74) is 6.53. The van der Waals surface area contributed by atoms with E-state index in [1.807, 2.05) is 30.3 Å². The van der Waals surface area contributed by atoms with Crippen LogP contribution < -0.4 is 5.73 Å². The number of hydrogen-bond donors (Lipinski definition) is 1. The first-order valence-corrected chi connectivity index (χ1v) is 7.73. The van der Waals surface area contributed by atoms with Gasteiger partial charge in [0.15, 0.2) is 0 Å². The molecule has 0 fully saturated rings. The predicted molar refractivity (Wildman–Crippen MR) is 87.3 cm³/mol. The van der Waals surface area contributed by atoms with Crippen LogP contribution in [0.3, 0.4) is 0 Å². The lowest BCUT2D eigenvalue weighted by molar-refractivity contribution is -0.127. The third-order valence-corrected chi connectivity index (χ3v) is 4.06. The number of aromatic nitrogens is 1.